The number of pyridine rings is 1. The highest BCUT2D eigenvalue weighted by molar-refractivity contribution is 6.35. The van der Waals surface area contributed by atoms with Crippen LogP contribution in [0.25, 0.3) is 0 Å². The Labute approximate surface area is 147 Å². The minimum absolute atomic E-state index is 0.155. The van der Waals surface area contributed by atoms with Crippen molar-refractivity contribution in [2.24, 2.45) is 12.1 Å². The number of hydrogen-bond donors (Lipinski definition) is 0. The molecule has 1 atom stereocenters. The van der Waals surface area contributed by atoms with E-state index in [0.29, 0.717) is 21.2 Å². The Kier molecular flexibility index (Phi) is 4.34. The minimum Gasteiger partial charge on any atom is -0.446 e. The number of rotatable bonds is 2. The highest BCUT2D eigenvalue weighted by Gasteiger charge is 2.34. The number of carbonyl (C=O) groups excluding carboxylic acids is 1. The molecule has 0 bridgehead atoms. The zero-order chi connectivity index (χ0) is 17.4. The van der Waals surface area contributed by atoms with E-state index in [1.807, 2.05) is 0 Å². The van der Waals surface area contributed by atoms with Gasteiger partial charge in [-0.15, -0.1) is 5.10 Å². The molecule has 124 valence electrons. The van der Waals surface area contributed by atoms with Crippen LogP contribution in [0.15, 0.2) is 46.4 Å². The maximum absolute atomic E-state index is 11.9. The van der Waals surface area contributed by atoms with E-state index in [0.717, 1.165) is 0 Å². The van der Waals surface area contributed by atoms with Crippen LogP contribution in [0.4, 0.5) is 0 Å². The van der Waals surface area contributed by atoms with E-state index in [9.17, 15) is 9.59 Å². The third-order valence-corrected chi connectivity index (χ3v) is 4.09. The summed E-state index contributed by atoms with van der Waals surface area (Å²) in [5.74, 6) is -0.0670. The summed E-state index contributed by atoms with van der Waals surface area (Å²) >= 11 is 12.1. The van der Waals surface area contributed by atoms with Gasteiger partial charge in [-0.05, 0) is 18.2 Å². The normalized spacial score (nSPS) is 16.8. The maximum Gasteiger partial charge on any atom is 0.250 e. The molecule has 24 heavy (non-hydrogen) atoms. The molecular formula is C16H13Cl2N3O3. The average Bonchev–Trinajstić information content (AvgIpc) is 2.95. The van der Waals surface area contributed by atoms with Crippen LogP contribution < -0.4 is 5.56 Å². The van der Waals surface area contributed by atoms with Gasteiger partial charge in [-0.25, -0.2) is 0 Å². The van der Waals surface area contributed by atoms with E-state index in [2.05, 4.69) is 5.10 Å². The number of carbonyl (C=O) groups is 1. The summed E-state index contributed by atoms with van der Waals surface area (Å²) < 4.78 is 7.24. The van der Waals surface area contributed by atoms with Crippen molar-refractivity contribution in [1.82, 2.24) is 9.58 Å². The number of nitrogens with zero attached hydrogens (tertiary/aromatic N) is 3. The molecule has 8 heteroatoms. The molecule has 1 unspecified atom stereocenters. The van der Waals surface area contributed by atoms with Crippen molar-refractivity contribution in [2.45, 2.75) is 13.2 Å². The summed E-state index contributed by atoms with van der Waals surface area (Å²) in [6, 6.07) is 7.91. The smallest absolute Gasteiger partial charge is 0.250 e. The molecule has 1 aromatic carbocycles. The van der Waals surface area contributed by atoms with Gasteiger partial charge >= 0.3 is 0 Å². The van der Waals surface area contributed by atoms with E-state index in [1.165, 1.54) is 22.6 Å². The highest BCUT2D eigenvalue weighted by Crippen LogP contribution is 2.35. The Balaban J connectivity index is 2.00. The molecular weight excluding hydrogens is 353 g/mol. The van der Waals surface area contributed by atoms with Crippen LogP contribution in [-0.2, 0) is 16.6 Å². The Hall–Kier alpha value is -2.31. The van der Waals surface area contributed by atoms with Gasteiger partial charge in [0, 0.05) is 36.8 Å². The molecule has 0 aliphatic carbocycles. The highest BCUT2D eigenvalue weighted by atomic mass is 35.5. The predicted molar refractivity (Wildman–Crippen MR) is 91.0 cm³/mol. The van der Waals surface area contributed by atoms with Gasteiger partial charge < -0.3 is 9.30 Å². The van der Waals surface area contributed by atoms with Gasteiger partial charge in [0.05, 0.1) is 10.6 Å². The van der Waals surface area contributed by atoms with Gasteiger partial charge in [0.15, 0.2) is 0 Å². The molecule has 1 aliphatic heterocycles. The quantitative estimate of drug-likeness (QED) is 0.821. The third kappa shape index (κ3) is 3.02. The molecule has 0 N–H and O–H groups in total. The standard InChI is InChI=1S/C16H13Cl2N3O3/c1-9(22)21-16(12-5-4-11(17)7-13(12)18)24-15(19-21)10-3-6-14(23)20(2)8-10/h3-8,16H,1-2H3. The van der Waals surface area contributed by atoms with E-state index < -0.39 is 6.23 Å². The van der Waals surface area contributed by atoms with E-state index >= 15 is 0 Å². The maximum atomic E-state index is 11.9. The van der Waals surface area contributed by atoms with Crippen molar-refractivity contribution >= 4 is 35.0 Å². The topological polar surface area (TPSA) is 63.9 Å². The lowest BCUT2D eigenvalue weighted by Crippen LogP contribution is -2.25. The van der Waals surface area contributed by atoms with Gasteiger partial charge in [0.2, 0.25) is 23.6 Å². The first-order chi connectivity index (χ1) is 11.4. The second-order valence-corrected chi connectivity index (χ2v) is 6.12. The average molecular weight is 366 g/mol. The SMILES string of the molecule is CC(=O)N1N=C(c2ccc(=O)n(C)c2)OC1c1ccc(Cl)cc1Cl. The second-order valence-electron chi connectivity index (χ2n) is 5.27. The largest absolute Gasteiger partial charge is 0.446 e. The predicted octanol–water partition coefficient (Wildman–Crippen LogP) is 2.93. The molecule has 3 rings (SSSR count). The van der Waals surface area contributed by atoms with Crippen LogP contribution in [0.3, 0.4) is 0 Å². The lowest BCUT2D eigenvalue weighted by molar-refractivity contribution is -0.135. The summed E-state index contributed by atoms with van der Waals surface area (Å²) in [5, 5.41) is 6.28. The van der Waals surface area contributed by atoms with Crippen molar-refractivity contribution in [3.8, 4) is 0 Å². The fourth-order valence-electron chi connectivity index (χ4n) is 2.31. The van der Waals surface area contributed by atoms with Crippen molar-refractivity contribution in [1.29, 1.82) is 0 Å². The van der Waals surface area contributed by atoms with Gasteiger partial charge in [0.25, 0.3) is 0 Å². The fourth-order valence-corrected chi connectivity index (χ4v) is 2.81. The first-order valence-electron chi connectivity index (χ1n) is 7.04. The lowest BCUT2D eigenvalue weighted by atomic mass is 10.2. The lowest BCUT2D eigenvalue weighted by Gasteiger charge is -2.20. The molecule has 0 spiro atoms. The van der Waals surface area contributed by atoms with Crippen LogP contribution in [0.5, 0.6) is 0 Å². The molecule has 0 saturated carbocycles. The molecule has 1 aliphatic rings. The zero-order valence-electron chi connectivity index (χ0n) is 12.9. The Morgan fingerprint density at radius 1 is 1.25 bits per heavy atom. The van der Waals surface area contributed by atoms with Gasteiger partial charge in [-0.3, -0.25) is 9.59 Å². The van der Waals surface area contributed by atoms with Gasteiger partial charge in [0.1, 0.15) is 0 Å². The number of amides is 1. The van der Waals surface area contributed by atoms with Crippen molar-refractivity contribution < 1.29 is 9.53 Å². The summed E-state index contributed by atoms with van der Waals surface area (Å²) in [6.45, 7) is 1.38. The van der Waals surface area contributed by atoms with Crippen molar-refractivity contribution in [3.05, 3.63) is 68.1 Å². The Morgan fingerprint density at radius 2 is 2.00 bits per heavy atom. The molecule has 0 fully saturated rings. The number of hydrazone groups is 1. The monoisotopic (exact) mass is 365 g/mol. The zero-order valence-corrected chi connectivity index (χ0v) is 14.4. The molecule has 1 aromatic heterocycles. The summed E-state index contributed by atoms with van der Waals surface area (Å²) in [7, 11) is 1.62. The number of halogens is 2. The Bertz CT molecular complexity index is 908. The number of ether oxygens (including phenoxy) is 1. The minimum atomic E-state index is -0.792. The van der Waals surface area contributed by atoms with Crippen LogP contribution in [-0.4, -0.2) is 21.4 Å². The van der Waals surface area contributed by atoms with Crippen molar-refractivity contribution in [3.63, 3.8) is 0 Å². The first kappa shape index (κ1) is 16.5. The van der Waals surface area contributed by atoms with E-state index in [4.69, 9.17) is 27.9 Å². The van der Waals surface area contributed by atoms with Crippen LogP contribution >= 0.6 is 23.2 Å². The van der Waals surface area contributed by atoms with Gasteiger partial charge in [-0.2, -0.15) is 5.01 Å². The first-order valence-corrected chi connectivity index (χ1v) is 7.79. The summed E-state index contributed by atoms with van der Waals surface area (Å²) in [5.41, 5.74) is 0.994. The molecule has 0 radical (unpaired) electrons. The third-order valence-electron chi connectivity index (χ3n) is 3.53. The number of aromatic nitrogens is 1. The van der Waals surface area contributed by atoms with Crippen LogP contribution in [0.2, 0.25) is 10.0 Å². The second kappa shape index (κ2) is 6.30. The van der Waals surface area contributed by atoms with Crippen LogP contribution in [0, 0.1) is 0 Å². The fraction of sp³-hybridized carbons (Fsp3) is 0.188. The summed E-state index contributed by atoms with van der Waals surface area (Å²) in [6.07, 6.45) is 0.796. The molecule has 0 saturated heterocycles. The molecule has 1 amide bonds. The van der Waals surface area contributed by atoms with Crippen LogP contribution in [0.1, 0.15) is 24.3 Å². The molecule has 6 nitrogen and oxygen atoms in total. The number of benzene rings is 1. The van der Waals surface area contributed by atoms with Crippen molar-refractivity contribution in [2.75, 3.05) is 0 Å². The Morgan fingerprint density at radius 3 is 2.62 bits per heavy atom. The summed E-state index contributed by atoms with van der Waals surface area (Å²) in [4.78, 5) is 23.4. The molecule has 2 heterocycles. The number of aryl methyl sites for hydroxylation is 1. The molecule has 2 aromatic rings. The van der Waals surface area contributed by atoms with Gasteiger partial charge in [-0.1, -0.05) is 29.3 Å². The van der Waals surface area contributed by atoms with E-state index in [-0.39, 0.29) is 17.4 Å². The number of hydrogen-bond acceptors (Lipinski definition) is 4. The van der Waals surface area contributed by atoms with E-state index in [1.54, 1.807) is 37.5 Å².